The van der Waals surface area contributed by atoms with Crippen molar-refractivity contribution in [2.45, 2.75) is 13.5 Å². The lowest BCUT2D eigenvalue weighted by Gasteiger charge is -2.14. The van der Waals surface area contributed by atoms with Gasteiger partial charge in [0.05, 0.1) is 41.2 Å². The Labute approximate surface area is 250 Å². The fourth-order valence-corrected chi connectivity index (χ4v) is 4.91. The monoisotopic (exact) mass is 597 g/mol. The van der Waals surface area contributed by atoms with E-state index in [1.165, 1.54) is 23.0 Å². The number of benzene rings is 4. The van der Waals surface area contributed by atoms with E-state index < -0.39 is 0 Å². The second-order valence-corrected chi connectivity index (χ2v) is 9.88. The Balaban J connectivity index is 1.41. The molecule has 0 N–H and O–H groups in total. The van der Waals surface area contributed by atoms with E-state index in [1.54, 1.807) is 55.6 Å². The number of halogens is 2. The van der Waals surface area contributed by atoms with E-state index >= 15 is 0 Å². The normalized spacial score (nSPS) is 11.4. The number of ether oxygens (including phenoxy) is 3. The van der Waals surface area contributed by atoms with Crippen molar-refractivity contribution in [1.82, 2.24) is 9.66 Å². The van der Waals surface area contributed by atoms with Gasteiger partial charge < -0.3 is 18.6 Å². The molecule has 8 nitrogen and oxygen atoms in total. The number of rotatable bonds is 9. The molecule has 0 aliphatic carbocycles. The zero-order chi connectivity index (χ0) is 29.9. The summed E-state index contributed by atoms with van der Waals surface area (Å²) in [5, 5.41) is 5.94. The molecule has 6 rings (SSSR count). The van der Waals surface area contributed by atoms with E-state index in [2.05, 4.69) is 5.10 Å². The molecule has 0 spiro atoms. The highest BCUT2D eigenvalue weighted by atomic mass is 35.5. The average molecular weight is 598 g/mol. The molecule has 0 bridgehead atoms. The van der Waals surface area contributed by atoms with Gasteiger partial charge in [0.25, 0.3) is 5.56 Å². The van der Waals surface area contributed by atoms with Crippen molar-refractivity contribution in [2.75, 3.05) is 13.7 Å². The molecule has 0 amide bonds. The molecule has 216 valence electrons. The van der Waals surface area contributed by atoms with Crippen LogP contribution < -0.4 is 19.8 Å². The molecule has 4 aromatic carbocycles. The van der Waals surface area contributed by atoms with Crippen molar-refractivity contribution in [2.24, 2.45) is 5.10 Å². The Hall–Kier alpha value is -5.15. The number of fused-ring (bicyclic) bond motifs is 2. The summed E-state index contributed by atoms with van der Waals surface area (Å²) in [5.41, 5.74) is 2.03. The molecule has 0 saturated carbocycles. The minimum absolute atomic E-state index is 0.164. The first-order valence-corrected chi connectivity index (χ1v) is 13.8. The van der Waals surface area contributed by atoms with Gasteiger partial charge in [0.2, 0.25) is 5.82 Å². The summed E-state index contributed by atoms with van der Waals surface area (Å²) in [5.74, 6) is 1.60. The Bertz CT molecular complexity index is 2040. The third-order valence-corrected chi connectivity index (χ3v) is 6.95. The number of furan rings is 1. The van der Waals surface area contributed by atoms with Gasteiger partial charge in [0.15, 0.2) is 17.3 Å². The smallest absolute Gasteiger partial charge is 0.282 e. The number of para-hydroxylation sites is 1. The van der Waals surface area contributed by atoms with Gasteiger partial charge in [-0.1, -0.05) is 41.9 Å². The van der Waals surface area contributed by atoms with Crippen molar-refractivity contribution >= 4 is 39.7 Å². The van der Waals surface area contributed by atoms with Crippen LogP contribution in [0, 0.1) is 5.82 Å². The van der Waals surface area contributed by atoms with Crippen LogP contribution in [0.15, 0.2) is 99.2 Å². The van der Waals surface area contributed by atoms with Gasteiger partial charge in [-0.15, -0.1) is 0 Å². The predicted molar refractivity (Wildman–Crippen MR) is 164 cm³/mol. The fourth-order valence-electron chi connectivity index (χ4n) is 4.64. The molecule has 0 radical (unpaired) electrons. The van der Waals surface area contributed by atoms with Gasteiger partial charge in [-0.2, -0.15) is 9.78 Å². The van der Waals surface area contributed by atoms with Gasteiger partial charge in [-0.3, -0.25) is 4.79 Å². The predicted octanol–water partition coefficient (Wildman–Crippen LogP) is 7.47. The molecule has 0 unspecified atom stereocenters. The molecule has 0 fully saturated rings. The summed E-state index contributed by atoms with van der Waals surface area (Å²) in [6.07, 6.45) is 1.49. The second-order valence-electron chi connectivity index (χ2n) is 9.47. The van der Waals surface area contributed by atoms with Crippen LogP contribution in [0.4, 0.5) is 4.39 Å². The van der Waals surface area contributed by atoms with Crippen LogP contribution in [-0.4, -0.2) is 29.6 Å². The molecule has 2 aromatic heterocycles. The molecule has 0 aliphatic rings. The molecule has 0 saturated heterocycles. The van der Waals surface area contributed by atoms with Crippen LogP contribution in [-0.2, 0) is 6.61 Å². The summed E-state index contributed by atoms with van der Waals surface area (Å²) in [6.45, 7) is 2.36. The molecular weight excluding hydrogens is 573 g/mol. The largest absolute Gasteiger partial charge is 0.496 e. The molecule has 0 aliphatic heterocycles. The zero-order valence-corrected chi connectivity index (χ0v) is 24.0. The molecular formula is C33H25ClFN3O5. The van der Waals surface area contributed by atoms with Crippen molar-refractivity contribution < 1.29 is 23.0 Å². The minimum Gasteiger partial charge on any atom is -0.496 e. The van der Waals surface area contributed by atoms with Crippen molar-refractivity contribution in [3.8, 4) is 28.8 Å². The Morgan fingerprint density at radius 1 is 0.977 bits per heavy atom. The minimum atomic E-state index is -0.375. The summed E-state index contributed by atoms with van der Waals surface area (Å²) < 4.78 is 37.8. The highest BCUT2D eigenvalue weighted by Crippen LogP contribution is 2.37. The van der Waals surface area contributed by atoms with E-state index in [0.29, 0.717) is 51.7 Å². The van der Waals surface area contributed by atoms with Gasteiger partial charge in [-0.05, 0) is 72.6 Å². The van der Waals surface area contributed by atoms with E-state index in [-0.39, 0.29) is 28.8 Å². The van der Waals surface area contributed by atoms with Gasteiger partial charge >= 0.3 is 0 Å². The number of methoxy groups -OCH3 is 1. The van der Waals surface area contributed by atoms with Gasteiger partial charge in [0, 0.05) is 0 Å². The summed E-state index contributed by atoms with van der Waals surface area (Å²) in [4.78, 5) is 18.4. The van der Waals surface area contributed by atoms with Gasteiger partial charge in [-0.25, -0.2) is 9.37 Å². The highest BCUT2D eigenvalue weighted by Gasteiger charge is 2.18. The lowest BCUT2D eigenvalue weighted by Crippen LogP contribution is -2.20. The first-order valence-electron chi connectivity index (χ1n) is 13.4. The lowest BCUT2D eigenvalue weighted by molar-refractivity contribution is 0.269. The SMILES string of the molecule is CCOc1cc(C=Nn2c(-c3cc4c(OC)cccc4o3)nc3ccccc3c2=O)cc(Cl)c1OCc1ccc(F)cc1. The van der Waals surface area contributed by atoms with Crippen LogP contribution in [0.5, 0.6) is 17.2 Å². The van der Waals surface area contributed by atoms with Crippen molar-refractivity contribution in [3.63, 3.8) is 0 Å². The maximum atomic E-state index is 13.7. The van der Waals surface area contributed by atoms with Crippen molar-refractivity contribution in [1.29, 1.82) is 0 Å². The number of aromatic nitrogens is 2. The molecule has 0 atom stereocenters. The molecule has 43 heavy (non-hydrogen) atoms. The lowest BCUT2D eigenvalue weighted by atomic mass is 10.2. The number of hydrogen-bond acceptors (Lipinski definition) is 7. The third-order valence-electron chi connectivity index (χ3n) is 6.67. The van der Waals surface area contributed by atoms with Gasteiger partial charge in [0.1, 0.15) is 23.8 Å². The Morgan fingerprint density at radius 2 is 1.79 bits per heavy atom. The zero-order valence-electron chi connectivity index (χ0n) is 23.2. The maximum absolute atomic E-state index is 13.7. The quantitative estimate of drug-likeness (QED) is 0.161. The molecule has 2 heterocycles. The van der Waals surface area contributed by atoms with E-state index in [9.17, 15) is 9.18 Å². The van der Waals surface area contributed by atoms with Crippen molar-refractivity contribution in [3.05, 3.63) is 117 Å². The number of hydrogen-bond donors (Lipinski definition) is 0. The topological polar surface area (TPSA) is 88.1 Å². The van der Waals surface area contributed by atoms with Crippen LogP contribution in [0.2, 0.25) is 5.02 Å². The van der Waals surface area contributed by atoms with E-state index in [0.717, 1.165) is 10.9 Å². The number of nitrogens with zero attached hydrogens (tertiary/aromatic N) is 3. The highest BCUT2D eigenvalue weighted by molar-refractivity contribution is 6.32. The summed E-state index contributed by atoms with van der Waals surface area (Å²) in [7, 11) is 1.58. The third kappa shape index (κ3) is 5.67. The van der Waals surface area contributed by atoms with Crippen LogP contribution in [0.3, 0.4) is 0 Å². The Kier molecular flexibility index (Phi) is 7.81. The Morgan fingerprint density at radius 3 is 2.58 bits per heavy atom. The van der Waals surface area contributed by atoms with E-state index in [4.69, 9.17) is 35.2 Å². The second kappa shape index (κ2) is 12.0. The van der Waals surface area contributed by atoms with E-state index in [1.807, 2.05) is 31.2 Å². The van der Waals surface area contributed by atoms with Crippen LogP contribution in [0.1, 0.15) is 18.1 Å². The molecule has 6 aromatic rings. The molecule has 10 heteroatoms. The standard InChI is InChI=1S/C33H25ClFN3O5/c1-3-41-29-16-21(15-25(34)31(29)42-19-20-11-13-22(35)14-12-20)18-36-38-32(37-26-8-5-4-7-23(26)33(38)39)30-17-24-27(40-2)9-6-10-28(24)43-30/h4-18H,3,19H2,1-2H3. The first kappa shape index (κ1) is 28.0. The summed E-state index contributed by atoms with van der Waals surface area (Å²) in [6, 6.07) is 23.6. The first-order chi connectivity index (χ1) is 20.9. The average Bonchev–Trinajstić information content (AvgIpc) is 3.46. The van der Waals surface area contributed by atoms with Crippen LogP contribution >= 0.6 is 11.6 Å². The summed E-state index contributed by atoms with van der Waals surface area (Å²) >= 11 is 6.62. The van der Waals surface area contributed by atoms with Crippen LogP contribution in [0.25, 0.3) is 33.5 Å². The fraction of sp³-hybridized carbons (Fsp3) is 0.121. The maximum Gasteiger partial charge on any atom is 0.282 e.